The van der Waals surface area contributed by atoms with E-state index in [1.807, 2.05) is 13.0 Å². The quantitative estimate of drug-likeness (QED) is 0.609. The van der Waals surface area contributed by atoms with Crippen molar-refractivity contribution in [2.75, 3.05) is 25.0 Å². The summed E-state index contributed by atoms with van der Waals surface area (Å²) in [7, 11) is 0. The van der Waals surface area contributed by atoms with Gasteiger partial charge in [0.2, 0.25) is 11.8 Å². The van der Waals surface area contributed by atoms with Gasteiger partial charge < -0.3 is 16.0 Å². The highest BCUT2D eigenvalue weighted by atomic mass is 16.2. The van der Waals surface area contributed by atoms with Gasteiger partial charge in [0.25, 0.3) is 5.91 Å². The number of likely N-dealkylation sites (tertiary alicyclic amines) is 1. The van der Waals surface area contributed by atoms with E-state index in [0.717, 1.165) is 25.7 Å². The summed E-state index contributed by atoms with van der Waals surface area (Å²) in [5, 5.41) is 8.94. The molecule has 1 aliphatic heterocycles. The second kappa shape index (κ2) is 10.1. The number of carbonyl (C=O) groups excluding carboxylic acids is 3. The largest absolute Gasteiger partial charge is 0.353 e. The van der Waals surface area contributed by atoms with Crippen LogP contribution in [0.1, 0.15) is 56.8 Å². The topological polar surface area (TPSA) is 90.5 Å². The molecule has 1 aromatic carbocycles. The Kier molecular flexibility index (Phi) is 7.48. The van der Waals surface area contributed by atoms with Gasteiger partial charge in [-0.05, 0) is 63.7 Å². The molecule has 3 N–H and O–H groups in total. The Balaban J connectivity index is 1.46. The van der Waals surface area contributed by atoms with E-state index in [4.69, 9.17) is 0 Å². The number of nitrogens with one attached hydrogen (secondary N) is 3. The molecule has 3 rings (SSSR count). The van der Waals surface area contributed by atoms with Crippen LogP contribution in [0, 0.1) is 11.8 Å². The number of amides is 3. The number of nitrogens with zero attached hydrogens (tertiary/aromatic N) is 1. The van der Waals surface area contributed by atoms with Crippen molar-refractivity contribution in [3.05, 3.63) is 29.8 Å². The molecule has 2 aliphatic rings. The van der Waals surface area contributed by atoms with Crippen molar-refractivity contribution < 1.29 is 14.4 Å². The van der Waals surface area contributed by atoms with Crippen LogP contribution in [0.25, 0.3) is 0 Å². The zero-order chi connectivity index (χ0) is 21.7. The van der Waals surface area contributed by atoms with Crippen molar-refractivity contribution in [1.82, 2.24) is 15.5 Å². The van der Waals surface area contributed by atoms with Crippen LogP contribution < -0.4 is 16.0 Å². The molecule has 0 radical (unpaired) electrons. The third kappa shape index (κ3) is 6.29. The SMILES string of the molecule is CC(C)C(C)NC(=O)C1CCN(CC(=O)Nc2ccccc2C(=O)NC2CC2)CC1. The Morgan fingerprint density at radius 3 is 2.33 bits per heavy atom. The summed E-state index contributed by atoms with van der Waals surface area (Å²) in [5.41, 5.74) is 1.03. The fraction of sp³-hybridized carbons (Fsp3) is 0.609. The molecule has 0 bridgehead atoms. The Hall–Kier alpha value is -2.41. The molecule has 7 nitrogen and oxygen atoms in total. The van der Waals surface area contributed by atoms with Crippen LogP contribution in [0.4, 0.5) is 5.69 Å². The van der Waals surface area contributed by atoms with E-state index in [2.05, 4.69) is 34.7 Å². The molecule has 1 unspecified atom stereocenters. The molecule has 1 saturated heterocycles. The van der Waals surface area contributed by atoms with E-state index in [0.29, 0.717) is 30.3 Å². The molecule has 3 amide bonds. The molecule has 1 aromatic rings. The van der Waals surface area contributed by atoms with Crippen molar-refractivity contribution in [1.29, 1.82) is 0 Å². The Morgan fingerprint density at radius 2 is 1.70 bits per heavy atom. The molecule has 0 aromatic heterocycles. The fourth-order valence-electron chi connectivity index (χ4n) is 3.54. The highest BCUT2D eigenvalue weighted by molar-refractivity contribution is 6.04. The molecule has 0 spiro atoms. The summed E-state index contributed by atoms with van der Waals surface area (Å²) in [4.78, 5) is 39.4. The van der Waals surface area contributed by atoms with Crippen LogP contribution in [0.2, 0.25) is 0 Å². The van der Waals surface area contributed by atoms with Gasteiger partial charge in [-0.15, -0.1) is 0 Å². The van der Waals surface area contributed by atoms with Crippen molar-refractivity contribution >= 4 is 23.4 Å². The van der Waals surface area contributed by atoms with E-state index in [9.17, 15) is 14.4 Å². The second-order valence-electron chi connectivity index (χ2n) is 8.93. The summed E-state index contributed by atoms with van der Waals surface area (Å²) in [6.45, 7) is 7.91. The number of piperidine rings is 1. The van der Waals surface area contributed by atoms with Gasteiger partial charge >= 0.3 is 0 Å². The van der Waals surface area contributed by atoms with E-state index in [-0.39, 0.29) is 42.3 Å². The maximum Gasteiger partial charge on any atom is 0.253 e. The van der Waals surface area contributed by atoms with Crippen LogP contribution in [0.3, 0.4) is 0 Å². The number of benzene rings is 1. The lowest BCUT2D eigenvalue weighted by Crippen LogP contribution is -2.45. The predicted molar refractivity (Wildman–Crippen MR) is 117 cm³/mol. The summed E-state index contributed by atoms with van der Waals surface area (Å²) < 4.78 is 0. The number of rotatable bonds is 8. The van der Waals surface area contributed by atoms with Gasteiger partial charge in [0, 0.05) is 18.0 Å². The van der Waals surface area contributed by atoms with Gasteiger partial charge in [0.05, 0.1) is 17.8 Å². The van der Waals surface area contributed by atoms with Crippen LogP contribution in [-0.4, -0.2) is 54.3 Å². The van der Waals surface area contributed by atoms with Crippen molar-refractivity contribution in [2.45, 2.75) is 58.5 Å². The predicted octanol–water partition coefficient (Wildman–Crippen LogP) is 2.39. The lowest BCUT2D eigenvalue weighted by molar-refractivity contribution is -0.127. The third-order valence-electron chi connectivity index (χ3n) is 6.05. The molecule has 1 heterocycles. The number of hydrogen-bond acceptors (Lipinski definition) is 4. The third-order valence-corrected chi connectivity index (χ3v) is 6.05. The van der Waals surface area contributed by atoms with Gasteiger partial charge in [-0.1, -0.05) is 26.0 Å². The molecule has 2 fully saturated rings. The Labute approximate surface area is 179 Å². The molecule has 164 valence electrons. The maximum atomic E-state index is 12.6. The van der Waals surface area contributed by atoms with E-state index in [1.54, 1.807) is 18.2 Å². The first-order valence-corrected chi connectivity index (χ1v) is 11.1. The lowest BCUT2D eigenvalue weighted by Gasteiger charge is -2.31. The second-order valence-corrected chi connectivity index (χ2v) is 8.93. The average molecular weight is 415 g/mol. The molecular weight excluding hydrogens is 380 g/mol. The van der Waals surface area contributed by atoms with Gasteiger partial charge in [0.1, 0.15) is 0 Å². The van der Waals surface area contributed by atoms with Crippen LogP contribution in [0.15, 0.2) is 24.3 Å². The smallest absolute Gasteiger partial charge is 0.253 e. The van der Waals surface area contributed by atoms with E-state index < -0.39 is 0 Å². The summed E-state index contributed by atoms with van der Waals surface area (Å²) in [6.07, 6.45) is 3.55. The Bertz CT molecular complexity index is 767. The van der Waals surface area contributed by atoms with E-state index in [1.165, 1.54) is 0 Å². The zero-order valence-corrected chi connectivity index (χ0v) is 18.2. The number of carbonyl (C=O) groups is 3. The molecule has 30 heavy (non-hydrogen) atoms. The van der Waals surface area contributed by atoms with Gasteiger partial charge in [0.15, 0.2) is 0 Å². The maximum absolute atomic E-state index is 12.6. The number of anilines is 1. The molecule has 1 saturated carbocycles. The first-order chi connectivity index (χ1) is 14.3. The van der Waals surface area contributed by atoms with Crippen molar-refractivity contribution in [3.8, 4) is 0 Å². The number of para-hydroxylation sites is 1. The molecule has 1 aliphatic carbocycles. The minimum Gasteiger partial charge on any atom is -0.353 e. The summed E-state index contributed by atoms with van der Waals surface area (Å²) in [5.74, 6) is 0.258. The fourth-order valence-corrected chi connectivity index (χ4v) is 3.54. The average Bonchev–Trinajstić information content (AvgIpc) is 3.52. The summed E-state index contributed by atoms with van der Waals surface area (Å²) in [6, 6.07) is 7.53. The zero-order valence-electron chi connectivity index (χ0n) is 18.2. The molecular formula is C23H34N4O3. The van der Waals surface area contributed by atoms with Crippen molar-refractivity contribution in [2.24, 2.45) is 11.8 Å². The van der Waals surface area contributed by atoms with Gasteiger partial charge in [-0.3, -0.25) is 19.3 Å². The minimum absolute atomic E-state index is 0.0114. The first-order valence-electron chi connectivity index (χ1n) is 11.1. The van der Waals surface area contributed by atoms with Crippen LogP contribution >= 0.6 is 0 Å². The van der Waals surface area contributed by atoms with Crippen LogP contribution in [0.5, 0.6) is 0 Å². The Morgan fingerprint density at radius 1 is 1.03 bits per heavy atom. The monoisotopic (exact) mass is 414 g/mol. The van der Waals surface area contributed by atoms with Gasteiger partial charge in [-0.25, -0.2) is 0 Å². The molecule has 7 heteroatoms. The van der Waals surface area contributed by atoms with E-state index >= 15 is 0 Å². The molecule has 1 atom stereocenters. The highest BCUT2D eigenvalue weighted by Crippen LogP contribution is 2.22. The normalized spacial score (nSPS) is 18.7. The van der Waals surface area contributed by atoms with Crippen LogP contribution in [-0.2, 0) is 9.59 Å². The summed E-state index contributed by atoms with van der Waals surface area (Å²) >= 11 is 0. The standard InChI is InChI=1S/C23H34N4O3/c1-15(2)16(3)24-22(29)17-10-12-27(13-11-17)14-21(28)26-20-7-5-4-6-19(20)23(30)25-18-8-9-18/h4-7,15-18H,8-14H2,1-3H3,(H,24,29)(H,25,30)(H,26,28). The number of hydrogen-bond donors (Lipinski definition) is 3. The lowest BCUT2D eigenvalue weighted by atomic mass is 9.95. The van der Waals surface area contributed by atoms with Gasteiger partial charge in [-0.2, -0.15) is 0 Å². The van der Waals surface area contributed by atoms with Crippen molar-refractivity contribution in [3.63, 3.8) is 0 Å². The minimum atomic E-state index is -0.143. The first kappa shape index (κ1) is 22.3. The highest BCUT2D eigenvalue weighted by Gasteiger charge is 2.28.